The number of benzene rings is 1. The van der Waals surface area contributed by atoms with Gasteiger partial charge in [-0.1, -0.05) is 12.1 Å². The van der Waals surface area contributed by atoms with E-state index >= 15 is 0 Å². The number of H-pyrrole nitrogens is 1. The summed E-state index contributed by atoms with van der Waals surface area (Å²) in [7, 11) is 0. The highest BCUT2D eigenvalue weighted by Gasteiger charge is 2.40. The Kier molecular flexibility index (Phi) is 4.45. The van der Waals surface area contributed by atoms with Crippen molar-refractivity contribution in [2.75, 3.05) is 26.0 Å². The van der Waals surface area contributed by atoms with Crippen LogP contribution < -0.4 is 11.0 Å². The van der Waals surface area contributed by atoms with Gasteiger partial charge in [0.25, 0.3) is 0 Å². The smallest absolute Gasteiger partial charge is 0.331 e. The van der Waals surface area contributed by atoms with E-state index in [2.05, 4.69) is 9.97 Å². The minimum Gasteiger partial charge on any atom is -0.331 e. The Morgan fingerprint density at radius 3 is 2.62 bits per heavy atom. The van der Waals surface area contributed by atoms with Crippen LogP contribution >= 0.6 is 0 Å². The molecule has 0 bridgehead atoms. The molecule has 9 nitrogen and oxygen atoms in total. The second-order valence-corrected chi connectivity index (χ2v) is 8.59. The fourth-order valence-electron chi connectivity index (χ4n) is 4.21. The number of likely N-dealkylation sites (tertiary alicyclic amines) is 2. The van der Waals surface area contributed by atoms with Crippen LogP contribution in [0.1, 0.15) is 59.5 Å². The number of carbonyl (C=O) groups excluding carboxylic acids is 2. The van der Waals surface area contributed by atoms with Crippen LogP contribution in [0.4, 0.5) is 26.7 Å². The van der Waals surface area contributed by atoms with Gasteiger partial charge in [-0.2, -0.15) is 13.2 Å². The molecule has 3 amide bonds. The molecule has 0 radical (unpaired) electrons. The van der Waals surface area contributed by atoms with Gasteiger partial charge in [0.15, 0.2) is 17.3 Å². The fourth-order valence-corrected chi connectivity index (χ4v) is 4.21. The molecule has 0 unspecified atom stereocenters. The predicted molar refractivity (Wildman–Crippen MR) is 133 cm³/mol. The number of rotatable bonds is 4. The first kappa shape index (κ1) is 16.3. The van der Waals surface area contributed by atoms with Crippen LogP contribution in [-0.4, -0.2) is 74.5 Å². The van der Waals surface area contributed by atoms with E-state index in [9.17, 15) is 36.3 Å². The van der Waals surface area contributed by atoms with Crippen molar-refractivity contribution in [3.05, 3.63) is 64.2 Å². The maximum atomic E-state index is 14.9. The van der Waals surface area contributed by atoms with Crippen LogP contribution in [0.25, 0.3) is 11.2 Å². The molecule has 2 aliphatic rings. The maximum absolute atomic E-state index is 14.9. The number of piperidine rings is 1. The van der Waals surface area contributed by atoms with E-state index in [1.807, 2.05) is 0 Å². The lowest BCUT2D eigenvalue weighted by atomic mass is 9.93. The lowest BCUT2D eigenvalue weighted by Crippen LogP contribution is -2.54. The molecule has 0 spiro atoms. The Labute approximate surface area is 241 Å². The van der Waals surface area contributed by atoms with Crippen molar-refractivity contribution in [1.29, 1.82) is 0 Å². The molecule has 40 heavy (non-hydrogen) atoms. The van der Waals surface area contributed by atoms with Crippen LogP contribution in [-0.2, 0) is 4.79 Å². The summed E-state index contributed by atoms with van der Waals surface area (Å²) in [4.78, 5) is 45.2. The highest BCUT2D eigenvalue weighted by atomic mass is 19.4. The highest BCUT2D eigenvalue weighted by Crippen LogP contribution is 2.32. The Morgan fingerprint density at radius 1 is 1.15 bits per heavy atom. The van der Waals surface area contributed by atoms with E-state index < -0.39 is 120 Å². The van der Waals surface area contributed by atoms with Gasteiger partial charge in [-0.25, -0.2) is 23.4 Å². The number of hydrogen-bond acceptors (Lipinski definition) is 4. The quantitative estimate of drug-likeness (QED) is 0.461. The number of aromatic nitrogens is 3. The van der Waals surface area contributed by atoms with Crippen molar-refractivity contribution >= 4 is 23.1 Å². The van der Waals surface area contributed by atoms with Gasteiger partial charge in [-0.15, -0.1) is 0 Å². The molecular formula is C26H27F5N6O3. The summed E-state index contributed by atoms with van der Waals surface area (Å²) < 4.78 is 173. The topological polar surface area (TPSA) is 103 Å². The molecule has 2 aromatic heterocycles. The van der Waals surface area contributed by atoms with Crippen LogP contribution in [0.3, 0.4) is 0 Å². The molecule has 2 atom stereocenters. The zero-order chi connectivity index (χ0) is 39.4. The van der Waals surface area contributed by atoms with E-state index in [1.54, 1.807) is 5.32 Å². The zero-order valence-electron chi connectivity index (χ0n) is 32.0. The molecule has 1 aromatic carbocycles. The molecule has 2 aliphatic heterocycles. The van der Waals surface area contributed by atoms with E-state index in [0.29, 0.717) is 10.6 Å². The number of carbonyl (C=O) groups is 2. The molecule has 4 heterocycles. The fraction of sp³-hybridized carbons (Fsp3) is 0.462. The number of aromatic amines is 1. The summed E-state index contributed by atoms with van der Waals surface area (Å²) in [5.74, 6) is -7.56. The average molecular weight is 579 g/mol. The summed E-state index contributed by atoms with van der Waals surface area (Å²) >= 11 is 0. The summed E-state index contributed by atoms with van der Waals surface area (Å²) in [6.45, 7) is -14.2. The number of pyridine rings is 1. The standard InChI is InChI=1S/C26H27F5N6O3/c27-18-4-1-3-17(21(18)28)15-6-7-19(23(38)36(13-15)14-26(29,30)31)33-24(39)35-11-8-16(9-12-35)37-20-5-2-10-32-22(20)34-25(37)40/h1-5,10,15-16,19H,6-9,11-14H2,(H,33,39)(H,32,34,40)/t15-,19-/m1/s1/i6D2,8D2,9D2,11D2,12D2,14D2. The summed E-state index contributed by atoms with van der Waals surface area (Å²) in [5.41, 5.74) is -2.66. The van der Waals surface area contributed by atoms with Crippen molar-refractivity contribution in [1.82, 2.24) is 29.7 Å². The molecule has 2 saturated heterocycles. The van der Waals surface area contributed by atoms with Gasteiger partial charge in [-0.05, 0) is 49.3 Å². The first-order valence-electron chi connectivity index (χ1n) is 17.5. The number of halogens is 5. The molecule has 0 saturated carbocycles. The van der Waals surface area contributed by atoms with Crippen molar-refractivity contribution < 1.29 is 48.0 Å². The Bertz CT molecular complexity index is 1960. The lowest BCUT2D eigenvalue weighted by molar-refractivity contribution is -0.162. The molecule has 214 valence electrons. The van der Waals surface area contributed by atoms with E-state index in [0.717, 1.165) is 18.2 Å². The lowest BCUT2D eigenvalue weighted by Gasteiger charge is -2.34. The molecule has 2 N–H and O–H groups in total. The molecule has 5 rings (SSSR count). The number of alkyl halides is 3. The van der Waals surface area contributed by atoms with Crippen molar-refractivity contribution in [3.8, 4) is 0 Å². The number of hydrogen-bond donors (Lipinski definition) is 2. The van der Waals surface area contributed by atoms with Crippen LogP contribution in [0.5, 0.6) is 0 Å². The second kappa shape index (κ2) is 10.9. The van der Waals surface area contributed by atoms with Gasteiger partial charge >= 0.3 is 17.9 Å². The third-order valence-electron chi connectivity index (χ3n) is 5.99. The first-order chi connectivity index (χ1) is 23.5. The maximum Gasteiger partial charge on any atom is 0.406 e. The van der Waals surface area contributed by atoms with Gasteiger partial charge in [0.05, 0.1) is 8.26 Å². The summed E-state index contributed by atoms with van der Waals surface area (Å²) in [5, 5.41) is 1.62. The minimum absolute atomic E-state index is 0.221. The molecule has 0 aliphatic carbocycles. The van der Waals surface area contributed by atoms with Gasteiger partial charge in [0.2, 0.25) is 5.91 Å². The number of fused-ring (bicyclic) bond motifs is 1. The monoisotopic (exact) mass is 578 g/mol. The third-order valence-corrected chi connectivity index (χ3v) is 5.99. The Morgan fingerprint density at radius 2 is 1.90 bits per heavy atom. The number of nitrogens with zero attached hydrogens (tertiary/aromatic N) is 4. The number of amides is 3. The first-order valence-corrected chi connectivity index (χ1v) is 11.5. The van der Waals surface area contributed by atoms with Crippen LogP contribution in [0.15, 0.2) is 41.3 Å². The highest BCUT2D eigenvalue weighted by molar-refractivity contribution is 5.87. The Hall–Kier alpha value is -3.97. The summed E-state index contributed by atoms with van der Waals surface area (Å²) in [6.07, 6.45) is -16.7. The third kappa shape index (κ3) is 5.65. The molecule has 2 fully saturated rings. The van der Waals surface area contributed by atoms with Gasteiger partial charge in [0.1, 0.15) is 12.5 Å². The SMILES string of the molecule is [2H]C1([2H])C[C@@H](NC(=O)N2C([2H])([2H])C([2H])([2H])C(n3c(=O)[nH]c4ncccc43)C([2H])([2H])C2([2H])[2H])C(=O)N(C([2H])([2H])C(F)(F)F)C[C@@H]1c1cccc(F)c1F. The zero-order valence-corrected chi connectivity index (χ0v) is 20.0. The van der Waals surface area contributed by atoms with Gasteiger partial charge < -0.3 is 15.1 Å². The number of imidazole rings is 1. The van der Waals surface area contributed by atoms with E-state index in [1.165, 1.54) is 12.3 Å². The van der Waals surface area contributed by atoms with Crippen molar-refractivity contribution in [3.63, 3.8) is 0 Å². The molecule has 14 heteroatoms. The minimum atomic E-state index is -5.90. The van der Waals surface area contributed by atoms with Gasteiger partial charge in [-0.3, -0.25) is 14.3 Å². The molecule has 3 aromatic rings. The predicted octanol–water partition coefficient (Wildman–Crippen LogP) is 3.69. The average Bonchev–Trinajstić information content (AvgIpc) is 3.26. The van der Waals surface area contributed by atoms with Crippen LogP contribution in [0.2, 0.25) is 0 Å². The second-order valence-electron chi connectivity index (χ2n) is 8.59. The van der Waals surface area contributed by atoms with Crippen molar-refractivity contribution in [2.45, 2.75) is 49.7 Å². The summed E-state index contributed by atoms with van der Waals surface area (Å²) in [6, 6.07) is -2.88. The van der Waals surface area contributed by atoms with Crippen LogP contribution in [0, 0.1) is 11.6 Å². The molecular weight excluding hydrogens is 539 g/mol. The largest absolute Gasteiger partial charge is 0.406 e. The van der Waals surface area contributed by atoms with Crippen molar-refractivity contribution in [2.24, 2.45) is 0 Å². The van der Waals surface area contributed by atoms with E-state index in [-0.39, 0.29) is 11.2 Å². The van der Waals surface area contributed by atoms with Gasteiger partial charge in [0, 0.05) is 51.4 Å². The normalized spacial score (nSPS) is 32.2. The number of urea groups is 1. The number of nitrogens with one attached hydrogen (secondary N) is 2. The van der Waals surface area contributed by atoms with E-state index in [4.69, 9.17) is 16.4 Å². The Balaban J connectivity index is 1.61.